The topological polar surface area (TPSA) is 90.1 Å². The van der Waals surface area contributed by atoms with E-state index in [1.807, 2.05) is 35.9 Å². The quantitative estimate of drug-likeness (QED) is 0.590. The Morgan fingerprint density at radius 1 is 1.29 bits per heavy atom. The number of aromatic nitrogens is 2. The molecule has 0 atom stereocenters. The van der Waals surface area contributed by atoms with Crippen LogP contribution in [-0.4, -0.2) is 20.4 Å². The van der Waals surface area contributed by atoms with Crippen molar-refractivity contribution >= 4 is 22.6 Å². The van der Waals surface area contributed by atoms with Crippen LogP contribution in [0.3, 0.4) is 0 Å². The van der Waals surface area contributed by atoms with Crippen LogP contribution >= 0.6 is 0 Å². The standard InChI is InChI=1S/C17H16N4O3/c1-11-7-8-12(9-15(11)21(23)24)17(22)18-10-16-19-13-5-3-4-6-14(13)20(16)2/h3-9H,10H2,1-2H3,(H,18,22). The second kappa shape index (κ2) is 6.11. The van der Waals surface area contributed by atoms with E-state index in [4.69, 9.17) is 0 Å². The molecule has 0 aliphatic rings. The molecule has 0 saturated heterocycles. The van der Waals surface area contributed by atoms with E-state index in [-0.39, 0.29) is 23.7 Å². The van der Waals surface area contributed by atoms with Crippen molar-refractivity contribution in [2.24, 2.45) is 7.05 Å². The third-order valence-electron chi connectivity index (χ3n) is 3.95. The van der Waals surface area contributed by atoms with E-state index < -0.39 is 4.92 Å². The number of carbonyl (C=O) groups excluding carboxylic acids is 1. The number of hydrogen-bond acceptors (Lipinski definition) is 4. The number of carbonyl (C=O) groups is 1. The molecule has 0 fully saturated rings. The molecule has 0 unspecified atom stereocenters. The van der Waals surface area contributed by atoms with E-state index >= 15 is 0 Å². The van der Waals surface area contributed by atoms with Gasteiger partial charge in [0.1, 0.15) is 5.82 Å². The van der Waals surface area contributed by atoms with Crippen LogP contribution in [0.1, 0.15) is 21.7 Å². The lowest BCUT2D eigenvalue weighted by atomic mass is 10.1. The van der Waals surface area contributed by atoms with Crippen molar-refractivity contribution in [1.29, 1.82) is 0 Å². The number of amides is 1. The van der Waals surface area contributed by atoms with Crippen LogP contribution in [-0.2, 0) is 13.6 Å². The molecule has 3 aromatic rings. The Bertz CT molecular complexity index is 946. The molecule has 7 heteroatoms. The maximum absolute atomic E-state index is 12.3. The molecule has 24 heavy (non-hydrogen) atoms. The van der Waals surface area contributed by atoms with Crippen molar-refractivity contribution in [2.45, 2.75) is 13.5 Å². The minimum absolute atomic E-state index is 0.0645. The van der Waals surface area contributed by atoms with Gasteiger partial charge in [-0.15, -0.1) is 0 Å². The predicted octanol–water partition coefficient (Wildman–Crippen LogP) is 2.72. The summed E-state index contributed by atoms with van der Waals surface area (Å²) in [6.45, 7) is 1.88. The Morgan fingerprint density at radius 3 is 2.75 bits per heavy atom. The monoisotopic (exact) mass is 324 g/mol. The molecule has 0 saturated carbocycles. The van der Waals surface area contributed by atoms with Crippen LogP contribution in [0.25, 0.3) is 11.0 Å². The van der Waals surface area contributed by atoms with Gasteiger partial charge in [-0.05, 0) is 25.1 Å². The molecule has 7 nitrogen and oxygen atoms in total. The fraction of sp³-hybridized carbons (Fsp3) is 0.176. The number of rotatable bonds is 4. The SMILES string of the molecule is Cc1ccc(C(=O)NCc2nc3ccccc3n2C)cc1[N+](=O)[O-]. The van der Waals surface area contributed by atoms with Crippen LogP contribution in [0.5, 0.6) is 0 Å². The molecule has 1 aromatic heterocycles. The Morgan fingerprint density at radius 2 is 2.04 bits per heavy atom. The number of imidazole rings is 1. The van der Waals surface area contributed by atoms with Crippen LogP contribution < -0.4 is 5.32 Å². The highest BCUT2D eigenvalue weighted by molar-refractivity contribution is 5.95. The molecule has 1 amide bonds. The number of para-hydroxylation sites is 2. The number of nitrogens with one attached hydrogen (secondary N) is 1. The average Bonchev–Trinajstić information content (AvgIpc) is 2.89. The number of aryl methyl sites for hydroxylation is 2. The first-order valence-electron chi connectivity index (χ1n) is 7.41. The van der Waals surface area contributed by atoms with Gasteiger partial charge in [0.2, 0.25) is 0 Å². The van der Waals surface area contributed by atoms with Gasteiger partial charge in [-0.1, -0.05) is 18.2 Å². The van der Waals surface area contributed by atoms with E-state index in [0.717, 1.165) is 11.0 Å². The molecular weight excluding hydrogens is 308 g/mol. The van der Waals surface area contributed by atoms with Crippen LogP contribution in [0.15, 0.2) is 42.5 Å². The second-order valence-electron chi connectivity index (χ2n) is 5.52. The second-order valence-corrected chi connectivity index (χ2v) is 5.52. The van der Waals surface area contributed by atoms with Crippen molar-refractivity contribution in [3.8, 4) is 0 Å². The lowest BCUT2D eigenvalue weighted by molar-refractivity contribution is -0.385. The van der Waals surface area contributed by atoms with Crippen molar-refractivity contribution in [1.82, 2.24) is 14.9 Å². The zero-order valence-electron chi connectivity index (χ0n) is 13.3. The maximum atomic E-state index is 12.3. The summed E-state index contributed by atoms with van der Waals surface area (Å²) >= 11 is 0. The van der Waals surface area contributed by atoms with Crippen molar-refractivity contribution < 1.29 is 9.72 Å². The summed E-state index contributed by atoms with van der Waals surface area (Å²) in [4.78, 5) is 27.2. The van der Waals surface area contributed by atoms with E-state index in [0.29, 0.717) is 11.4 Å². The number of fused-ring (bicyclic) bond motifs is 1. The first kappa shape index (κ1) is 15.7. The van der Waals surface area contributed by atoms with E-state index in [2.05, 4.69) is 10.3 Å². The lowest BCUT2D eigenvalue weighted by Crippen LogP contribution is -2.24. The third-order valence-corrected chi connectivity index (χ3v) is 3.95. The van der Waals surface area contributed by atoms with Crippen molar-refractivity contribution in [2.75, 3.05) is 0 Å². The predicted molar refractivity (Wildman–Crippen MR) is 89.7 cm³/mol. The number of nitrogens with zero attached hydrogens (tertiary/aromatic N) is 3. The van der Waals surface area contributed by atoms with Crippen molar-refractivity contribution in [3.05, 3.63) is 69.5 Å². The summed E-state index contributed by atoms with van der Waals surface area (Å²) in [5.74, 6) is 0.344. The maximum Gasteiger partial charge on any atom is 0.273 e. The number of benzene rings is 2. The summed E-state index contributed by atoms with van der Waals surface area (Å²) in [5.41, 5.74) is 2.55. The zero-order valence-corrected chi connectivity index (χ0v) is 13.3. The fourth-order valence-electron chi connectivity index (χ4n) is 2.56. The molecule has 0 aliphatic heterocycles. The Labute approximate surface area is 138 Å². The highest BCUT2D eigenvalue weighted by atomic mass is 16.6. The van der Waals surface area contributed by atoms with Gasteiger partial charge in [-0.3, -0.25) is 14.9 Å². The minimum Gasteiger partial charge on any atom is -0.345 e. The van der Waals surface area contributed by atoms with Gasteiger partial charge in [0.05, 0.1) is 22.5 Å². The van der Waals surface area contributed by atoms with Gasteiger partial charge in [-0.2, -0.15) is 0 Å². The number of hydrogen-bond donors (Lipinski definition) is 1. The van der Waals surface area contributed by atoms with E-state index in [9.17, 15) is 14.9 Å². The highest BCUT2D eigenvalue weighted by Crippen LogP contribution is 2.19. The van der Waals surface area contributed by atoms with Gasteiger partial charge in [0.25, 0.3) is 11.6 Å². The van der Waals surface area contributed by atoms with E-state index in [1.54, 1.807) is 19.1 Å². The smallest absolute Gasteiger partial charge is 0.273 e. The van der Waals surface area contributed by atoms with Crippen molar-refractivity contribution in [3.63, 3.8) is 0 Å². The minimum atomic E-state index is -0.489. The van der Waals surface area contributed by atoms with Crippen LogP contribution in [0, 0.1) is 17.0 Å². The van der Waals surface area contributed by atoms with Gasteiger partial charge >= 0.3 is 0 Å². The Hall–Kier alpha value is -3.22. The normalized spacial score (nSPS) is 10.8. The zero-order chi connectivity index (χ0) is 17.3. The van der Waals surface area contributed by atoms with Gasteiger partial charge in [0, 0.05) is 24.2 Å². The molecule has 122 valence electrons. The molecule has 0 aliphatic carbocycles. The third kappa shape index (κ3) is 2.83. The summed E-state index contributed by atoms with van der Waals surface area (Å²) in [6, 6.07) is 12.1. The first-order valence-corrected chi connectivity index (χ1v) is 7.41. The molecule has 3 rings (SSSR count). The summed E-state index contributed by atoms with van der Waals surface area (Å²) < 4.78 is 1.91. The Balaban J connectivity index is 1.79. The van der Waals surface area contributed by atoms with Crippen LogP contribution in [0.2, 0.25) is 0 Å². The molecule has 0 bridgehead atoms. The van der Waals surface area contributed by atoms with Gasteiger partial charge < -0.3 is 9.88 Å². The molecule has 0 radical (unpaired) electrons. The largest absolute Gasteiger partial charge is 0.345 e. The lowest BCUT2D eigenvalue weighted by Gasteiger charge is -2.06. The summed E-state index contributed by atoms with van der Waals surface area (Å²) in [5, 5.41) is 13.7. The highest BCUT2D eigenvalue weighted by Gasteiger charge is 2.15. The number of nitro benzene ring substituents is 1. The van der Waals surface area contributed by atoms with Gasteiger partial charge in [0.15, 0.2) is 0 Å². The molecular formula is C17H16N4O3. The summed E-state index contributed by atoms with van der Waals surface area (Å²) in [6.07, 6.45) is 0. The van der Waals surface area contributed by atoms with Crippen LogP contribution in [0.4, 0.5) is 5.69 Å². The van der Waals surface area contributed by atoms with Gasteiger partial charge in [-0.25, -0.2) is 4.98 Å². The summed E-state index contributed by atoms with van der Waals surface area (Å²) in [7, 11) is 1.88. The molecule has 1 heterocycles. The molecule has 2 aromatic carbocycles. The average molecular weight is 324 g/mol. The Kier molecular flexibility index (Phi) is 3.99. The van der Waals surface area contributed by atoms with E-state index in [1.165, 1.54) is 6.07 Å². The molecule has 1 N–H and O–H groups in total. The number of nitro groups is 1. The first-order chi connectivity index (χ1) is 11.5. The molecule has 0 spiro atoms. The fourth-order valence-corrected chi connectivity index (χ4v) is 2.56.